The van der Waals surface area contributed by atoms with E-state index in [2.05, 4.69) is 195 Å². The van der Waals surface area contributed by atoms with Gasteiger partial charge in [-0.2, -0.15) is 0 Å². The van der Waals surface area contributed by atoms with Gasteiger partial charge in [-0.05, 0) is 86.3 Å². The number of aromatic nitrogens is 2. The zero-order valence-corrected chi connectivity index (χ0v) is 31.1. The topological polar surface area (TPSA) is 25.8 Å². The monoisotopic (exact) mass is 714 g/mol. The first-order valence-electron chi connectivity index (χ1n) is 19.2. The average molecular weight is 715 g/mol. The van der Waals surface area contributed by atoms with Crippen LogP contribution in [0.2, 0.25) is 0 Å². The third-order valence-electron chi connectivity index (χ3n) is 11.4. The largest absolute Gasteiger partial charge is 0.228 e. The van der Waals surface area contributed by atoms with Crippen LogP contribution in [0, 0.1) is 0 Å². The van der Waals surface area contributed by atoms with E-state index in [9.17, 15) is 0 Å². The Hall–Kier alpha value is -7.16. The van der Waals surface area contributed by atoms with Crippen LogP contribution in [-0.4, -0.2) is 9.97 Å². The molecule has 0 saturated carbocycles. The molecule has 2 nitrogen and oxygen atoms in total. The fourth-order valence-corrected chi connectivity index (χ4v) is 8.56. The molecule has 0 fully saturated rings. The third-order valence-corrected chi connectivity index (χ3v) is 11.4. The number of fused-ring (bicyclic) bond motifs is 3. The van der Waals surface area contributed by atoms with Crippen LogP contribution in [0.5, 0.6) is 0 Å². The van der Waals surface area contributed by atoms with Crippen molar-refractivity contribution in [3.63, 3.8) is 0 Å². The molecule has 2 heteroatoms. The van der Waals surface area contributed by atoms with Crippen molar-refractivity contribution in [2.45, 2.75) is 12.3 Å². The van der Waals surface area contributed by atoms with Gasteiger partial charge in [-0.3, -0.25) is 0 Å². The number of rotatable bonds is 7. The molecule has 264 valence electrons. The number of nitrogens with zero attached hydrogens (tertiary/aromatic N) is 2. The number of hydrogen-bond acceptors (Lipinski definition) is 2. The minimum atomic E-state index is -0.289. The van der Waals surface area contributed by atoms with E-state index in [0.29, 0.717) is 5.82 Å². The second kappa shape index (κ2) is 13.9. The molecule has 1 atom stereocenters. The van der Waals surface area contributed by atoms with Gasteiger partial charge in [0.25, 0.3) is 0 Å². The number of hydrogen-bond donors (Lipinski definition) is 0. The molecule has 0 bridgehead atoms. The van der Waals surface area contributed by atoms with Crippen LogP contribution in [-0.2, 0) is 5.41 Å². The van der Waals surface area contributed by atoms with Crippen LogP contribution >= 0.6 is 0 Å². The maximum atomic E-state index is 5.16. The Morgan fingerprint density at radius 3 is 1.50 bits per heavy atom. The molecule has 0 aliphatic heterocycles. The van der Waals surface area contributed by atoms with Gasteiger partial charge in [-0.15, -0.1) is 0 Å². The second-order valence-electron chi connectivity index (χ2n) is 14.7. The predicted octanol–water partition coefficient (Wildman–Crippen LogP) is 13.8. The van der Waals surface area contributed by atoms with Gasteiger partial charge >= 0.3 is 0 Å². The highest BCUT2D eigenvalue weighted by Crippen LogP contribution is 2.55. The minimum absolute atomic E-state index is 0.289. The van der Waals surface area contributed by atoms with Crippen LogP contribution in [0.25, 0.3) is 78.4 Å². The van der Waals surface area contributed by atoms with E-state index in [4.69, 9.17) is 9.97 Å². The first-order valence-corrected chi connectivity index (χ1v) is 19.2. The minimum Gasteiger partial charge on any atom is -0.228 e. The molecule has 1 aliphatic carbocycles. The van der Waals surface area contributed by atoms with Gasteiger partial charge in [0, 0.05) is 22.1 Å². The lowest BCUT2D eigenvalue weighted by atomic mass is 9.72. The van der Waals surface area contributed by atoms with E-state index < -0.39 is 0 Å². The SMILES string of the molecule is CC1(c2ccccc2)c2ccccc2-c2cccc(-c3cccc(-c4cccc(-c5cc(-c6ccc(-c7ccccc7)cc6)nc(-c6ccccc6)n5)c4)c3)c21. The molecule has 10 rings (SSSR count). The molecule has 0 spiro atoms. The van der Waals surface area contributed by atoms with E-state index in [0.717, 1.165) is 39.2 Å². The fraction of sp³-hybridized carbons (Fsp3) is 0.0370. The lowest BCUT2D eigenvalue weighted by Crippen LogP contribution is -2.23. The van der Waals surface area contributed by atoms with Gasteiger partial charge < -0.3 is 0 Å². The first-order chi connectivity index (χ1) is 27.6. The van der Waals surface area contributed by atoms with Gasteiger partial charge in [0.05, 0.1) is 11.4 Å². The van der Waals surface area contributed by atoms with Gasteiger partial charge in [-0.1, -0.05) is 194 Å². The van der Waals surface area contributed by atoms with Gasteiger partial charge in [-0.25, -0.2) is 9.97 Å². The third kappa shape index (κ3) is 5.84. The highest BCUT2D eigenvalue weighted by Gasteiger charge is 2.42. The summed E-state index contributed by atoms with van der Waals surface area (Å²) >= 11 is 0. The fourth-order valence-electron chi connectivity index (χ4n) is 8.56. The van der Waals surface area contributed by atoms with E-state index in [1.165, 1.54) is 50.1 Å². The van der Waals surface area contributed by atoms with Crippen LogP contribution < -0.4 is 0 Å². The maximum Gasteiger partial charge on any atom is 0.160 e. The van der Waals surface area contributed by atoms with E-state index in [1.807, 2.05) is 24.3 Å². The van der Waals surface area contributed by atoms with Gasteiger partial charge in [0.1, 0.15) is 0 Å². The standard InChI is InChI=1S/C54H38N2/c1-54(45-24-9-4-10-25-45)49-29-12-11-26-47(49)48-28-15-27-46(52(48)54)43-22-13-20-41(34-43)42-21-14-23-44(35-42)51-36-50(55-53(56-51)40-18-7-3-8-19-40)39-32-30-38(31-33-39)37-16-5-2-6-17-37/h2-36H,1H3. The molecule has 9 aromatic rings. The molecule has 1 aliphatic rings. The summed E-state index contributed by atoms with van der Waals surface area (Å²) in [6.07, 6.45) is 0. The Bertz CT molecular complexity index is 2840. The van der Waals surface area contributed by atoms with Crippen molar-refractivity contribution in [3.8, 4) is 78.4 Å². The van der Waals surface area contributed by atoms with E-state index >= 15 is 0 Å². The van der Waals surface area contributed by atoms with E-state index in [1.54, 1.807) is 0 Å². The molecule has 56 heavy (non-hydrogen) atoms. The summed E-state index contributed by atoms with van der Waals surface area (Å²) in [4.78, 5) is 10.3. The maximum absolute atomic E-state index is 5.16. The lowest BCUT2D eigenvalue weighted by Gasteiger charge is -2.30. The van der Waals surface area contributed by atoms with E-state index in [-0.39, 0.29) is 5.41 Å². The van der Waals surface area contributed by atoms with Gasteiger partial charge in [0.2, 0.25) is 0 Å². The normalized spacial score (nSPS) is 14.2. The second-order valence-corrected chi connectivity index (χ2v) is 14.7. The zero-order chi connectivity index (χ0) is 37.5. The van der Waals surface area contributed by atoms with Crippen molar-refractivity contribution in [1.82, 2.24) is 9.97 Å². The summed E-state index contributed by atoms with van der Waals surface area (Å²) in [7, 11) is 0. The van der Waals surface area contributed by atoms with Crippen LogP contribution in [0.15, 0.2) is 212 Å². The molecule has 0 N–H and O–H groups in total. The quantitative estimate of drug-likeness (QED) is 0.164. The van der Waals surface area contributed by atoms with Crippen LogP contribution in [0.4, 0.5) is 0 Å². The predicted molar refractivity (Wildman–Crippen MR) is 232 cm³/mol. The summed E-state index contributed by atoms with van der Waals surface area (Å²) in [6.45, 7) is 2.39. The summed E-state index contributed by atoms with van der Waals surface area (Å²) < 4.78 is 0. The highest BCUT2D eigenvalue weighted by atomic mass is 14.9. The molecule has 0 radical (unpaired) electrons. The summed E-state index contributed by atoms with van der Waals surface area (Å²) in [5.41, 5.74) is 18.3. The Morgan fingerprint density at radius 1 is 0.321 bits per heavy atom. The van der Waals surface area contributed by atoms with Crippen molar-refractivity contribution < 1.29 is 0 Å². The number of benzene rings is 8. The Balaban J connectivity index is 1.06. The molecular formula is C54H38N2. The molecule has 0 amide bonds. The smallest absolute Gasteiger partial charge is 0.160 e. The molecule has 1 unspecified atom stereocenters. The van der Waals surface area contributed by atoms with Crippen molar-refractivity contribution in [2.24, 2.45) is 0 Å². The van der Waals surface area contributed by atoms with Crippen LogP contribution in [0.1, 0.15) is 23.6 Å². The molecule has 8 aromatic carbocycles. The Labute approximate surface area is 328 Å². The molecule has 1 aromatic heterocycles. The Morgan fingerprint density at radius 2 is 0.786 bits per heavy atom. The highest BCUT2D eigenvalue weighted by molar-refractivity contribution is 5.91. The lowest BCUT2D eigenvalue weighted by molar-refractivity contribution is 0.716. The molecule has 0 saturated heterocycles. The molecule has 1 heterocycles. The van der Waals surface area contributed by atoms with Gasteiger partial charge in [0.15, 0.2) is 5.82 Å². The van der Waals surface area contributed by atoms with Crippen molar-refractivity contribution in [2.75, 3.05) is 0 Å². The summed E-state index contributed by atoms with van der Waals surface area (Å²) in [6, 6.07) is 75.9. The average Bonchev–Trinajstić information content (AvgIpc) is 3.56. The van der Waals surface area contributed by atoms with Crippen molar-refractivity contribution >= 4 is 0 Å². The Kier molecular flexibility index (Phi) is 8.30. The summed E-state index contributed by atoms with van der Waals surface area (Å²) in [5, 5.41) is 0. The first kappa shape index (κ1) is 33.4. The van der Waals surface area contributed by atoms with Crippen LogP contribution in [0.3, 0.4) is 0 Å². The van der Waals surface area contributed by atoms with Crippen molar-refractivity contribution in [3.05, 3.63) is 229 Å². The van der Waals surface area contributed by atoms with Crippen molar-refractivity contribution in [1.29, 1.82) is 0 Å². The zero-order valence-electron chi connectivity index (χ0n) is 31.1. The molecular weight excluding hydrogens is 677 g/mol. The summed E-state index contributed by atoms with van der Waals surface area (Å²) in [5.74, 6) is 0.707.